The molecule has 0 aliphatic rings. The summed E-state index contributed by atoms with van der Waals surface area (Å²) in [7, 11) is 0. The van der Waals surface area contributed by atoms with Gasteiger partial charge in [-0.1, -0.05) is 17.7 Å². The number of Topliss-reactive ketones (excluding diaryl/α,β-unsaturated/α-hetero) is 1. The van der Waals surface area contributed by atoms with Crippen LogP contribution in [-0.2, 0) is 0 Å². The van der Waals surface area contributed by atoms with Crippen molar-refractivity contribution < 1.29 is 4.79 Å². The van der Waals surface area contributed by atoms with E-state index in [2.05, 4.69) is 24.0 Å². The molecule has 0 unspecified atom stereocenters. The summed E-state index contributed by atoms with van der Waals surface area (Å²) in [6.45, 7) is 3.99. The predicted octanol–water partition coefficient (Wildman–Crippen LogP) is 3.67. The average Bonchev–Trinajstić information content (AvgIpc) is 2.38. The summed E-state index contributed by atoms with van der Waals surface area (Å²) < 4.78 is 0. The van der Waals surface area contributed by atoms with Gasteiger partial charge in [0.25, 0.3) is 0 Å². The van der Waals surface area contributed by atoms with Crippen LogP contribution in [0, 0.1) is 13.8 Å². The van der Waals surface area contributed by atoms with Gasteiger partial charge in [-0.05, 0) is 37.6 Å². The number of hydrogen-bond donors (Lipinski definition) is 0. The van der Waals surface area contributed by atoms with Crippen LogP contribution in [0.2, 0.25) is 0 Å². The van der Waals surface area contributed by atoms with Crippen LogP contribution in [0.25, 0.3) is 0 Å². The Morgan fingerprint density at radius 3 is 2.56 bits per heavy atom. The highest BCUT2D eigenvalue weighted by molar-refractivity contribution is 8.00. The van der Waals surface area contributed by atoms with Gasteiger partial charge in [-0.15, -0.1) is 11.8 Å². The summed E-state index contributed by atoms with van der Waals surface area (Å²) in [6.07, 6.45) is 3.35. The Morgan fingerprint density at radius 1 is 1.17 bits per heavy atom. The molecule has 0 N–H and O–H groups in total. The van der Waals surface area contributed by atoms with Crippen molar-refractivity contribution in [2.24, 2.45) is 0 Å². The zero-order valence-electron chi connectivity index (χ0n) is 10.5. The minimum Gasteiger partial charge on any atom is -0.293 e. The SMILES string of the molecule is Cc1ccc(SCC(=O)c2cnccc2C)cc1. The van der Waals surface area contributed by atoms with Crippen molar-refractivity contribution in [3.63, 3.8) is 0 Å². The van der Waals surface area contributed by atoms with Crippen molar-refractivity contribution in [2.75, 3.05) is 5.75 Å². The maximum absolute atomic E-state index is 12.0. The summed E-state index contributed by atoms with van der Waals surface area (Å²) in [5, 5.41) is 0. The Kier molecular flexibility index (Phi) is 4.15. The molecule has 0 bridgehead atoms. The third kappa shape index (κ3) is 3.20. The summed E-state index contributed by atoms with van der Waals surface area (Å²) >= 11 is 1.56. The highest BCUT2D eigenvalue weighted by Crippen LogP contribution is 2.20. The number of hydrogen-bond acceptors (Lipinski definition) is 3. The van der Waals surface area contributed by atoms with Gasteiger partial charge in [-0.3, -0.25) is 9.78 Å². The molecule has 1 aromatic heterocycles. The molecule has 0 aliphatic carbocycles. The molecule has 0 aliphatic heterocycles. The fraction of sp³-hybridized carbons (Fsp3) is 0.200. The van der Waals surface area contributed by atoms with E-state index in [1.165, 1.54) is 5.56 Å². The lowest BCUT2D eigenvalue weighted by Crippen LogP contribution is -2.05. The van der Waals surface area contributed by atoms with Crippen LogP contribution in [0.1, 0.15) is 21.5 Å². The number of carbonyl (C=O) groups excluding carboxylic acids is 1. The lowest BCUT2D eigenvalue weighted by atomic mass is 10.1. The van der Waals surface area contributed by atoms with Crippen molar-refractivity contribution >= 4 is 17.5 Å². The number of aromatic nitrogens is 1. The largest absolute Gasteiger partial charge is 0.293 e. The fourth-order valence-electron chi connectivity index (χ4n) is 1.62. The molecule has 0 saturated heterocycles. The molecule has 0 spiro atoms. The lowest BCUT2D eigenvalue weighted by Gasteiger charge is -2.04. The van der Waals surface area contributed by atoms with Crippen LogP contribution in [0.5, 0.6) is 0 Å². The van der Waals surface area contributed by atoms with Crippen molar-refractivity contribution in [1.29, 1.82) is 0 Å². The van der Waals surface area contributed by atoms with E-state index in [9.17, 15) is 4.79 Å². The van der Waals surface area contributed by atoms with Crippen LogP contribution >= 0.6 is 11.8 Å². The van der Waals surface area contributed by atoms with Gasteiger partial charge >= 0.3 is 0 Å². The number of aryl methyl sites for hydroxylation is 2. The van der Waals surface area contributed by atoms with Gasteiger partial charge in [0.15, 0.2) is 5.78 Å². The van der Waals surface area contributed by atoms with E-state index < -0.39 is 0 Å². The molecule has 18 heavy (non-hydrogen) atoms. The first-order chi connectivity index (χ1) is 8.66. The molecule has 3 heteroatoms. The van der Waals surface area contributed by atoms with Gasteiger partial charge in [0.05, 0.1) is 5.75 Å². The van der Waals surface area contributed by atoms with Crippen LogP contribution in [0.4, 0.5) is 0 Å². The molecule has 2 nitrogen and oxygen atoms in total. The van der Waals surface area contributed by atoms with Crippen molar-refractivity contribution in [2.45, 2.75) is 18.7 Å². The van der Waals surface area contributed by atoms with Gasteiger partial charge in [-0.2, -0.15) is 0 Å². The minimum absolute atomic E-state index is 0.131. The van der Waals surface area contributed by atoms with E-state index >= 15 is 0 Å². The van der Waals surface area contributed by atoms with Crippen LogP contribution in [-0.4, -0.2) is 16.5 Å². The highest BCUT2D eigenvalue weighted by atomic mass is 32.2. The Balaban J connectivity index is 2.01. The Hall–Kier alpha value is -1.61. The quantitative estimate of drug-likeness (QED) is 0.618. The number of nitrogens with zero attached hydrogens (tertiary/aromatic N) is 1. The summed E-state index contributed by atoms with van der Waals surface area (Å²) in [5.74, 6) is 0.585. The van der Waals surface area contributed by atoms with Crippen LogP contribution in [0.15, 0.2) is 47.6 Å². The second kappa shape index (κ2) is 5.83. The molecule has 2 aromatic rings. The number of rotatable bonds is 4. The molecule has 0 amide bonds. The van der Waals surface area contributed by atoms with Gasteiger partial charge in [-0.25, -0.2) is 0 Å². The first-order valence-electron chi connectivity index (χ1n) is 5.80. The molecule has 1 aromatic carbocycles. The van der Waals surface area contributed by atoms with Gasteiger partial charge in [0.2, 0.25) is 0 Å². The van der Waals surface area contributed by atoms with Crippen molar-refractivity contribution in [1.82, 2.24) is 4.98 Å². The maximum atomic E-state index is 12.0. The fourth-order valence-corrected chi connectivity index (χ4v) is 2.40. The summed E-state index contributed by atoms with van der Waals surface area (Å²) in [6, 6.07) is 10.1. The number of pyridine rings is 1. The topological polar surface area (TPSA) is 30.0 Å². The maximum Gasteiger partial charge on any atom is 0.174 e. The minimum atomic E-state index is 0.131. The van der Waals surface area contributed by atoms with Crippen LogP contribution < -0.4 is 0 Å². The van der Waals surface area contributed by atoms with Gasteiger partial charge in [0.1, 0.15) is 0 Å². The molecule has 1 heterocycles. The standard InChI is InChI=1S/C15H15NOS/c1-11-3-5-13(6-4-11)18-10-15(17)14-9-16-8-7-12(14)2/h3-9H,10H2,1-2H3. The average molecular weight is 257 g/mol. The third-order valence-electron chi connectivity index (χ3n) is 2.73. The predicted molar refractivity (Wildman–Crippen MR) is 75.2 cm³/mol. The van der Waals surface area contributed by atoms with E-state index in [-0.39, 0.29) is 5.78 Å². The molecule has 2 rings (SSSR count). The second-order valence-corrected chi connectivity index (χ2v) is 5.26. The molecular weight excluding hydrogens is 242 g/mol. The second-order valence-electron chi connectivity index (χ2n) is 4.22. The molecule has 0 radical (unpaired) electrons. The van der Waals surface area contributed by atoms with Crippen LogP contribution in [0.3, 0.4) is 0 Å². The monoisotopic (exact) mass is 257 g/mol. The smallest absolute Gasteiger partial charge is 0.174 e. The lowest BCUT2D eigenvalue weighted by molar-refractivity contribution is 0.102. The number of thioether (sulfide) groups is 1. The Bertz CT molecular complexity index is 549. The molecule has 0 saturated carbocycles. The number of ketones is 1. The van der Waals surface area contributed by atoms with E-state index in [1.807, 2.05) is 25.1 Å². The third-order valence-corrected chi connectivity index (χ3v) is 3.74. The van der Waals surface area contributed by atoms with E-state index in [4.69, 9.17) is 0 Å². The van der Waals surface area contributed by atoms with E-state index in [1.54, 1.807) is 24.2 Å². The van der Waals surface area contributed by atoms with E-state index in [0.29, 0.717) is 5.75 Å². The number of carbonyl (C=O) groups is 1. The van der Waals surface area contributed by atoms with E-state index in [0.717, 1.165) is 16.0 Å². The normalized spacial score (nSPS) is 10.3. The summed E-state index contributed by atoms with van der Waals surface area (Å²) in [4.78, 5) is 17.2. The first kappa shape index (κ1) is 12.8. The molecular formula is C15H15NOS. The van der Waals surface area contributed by atoms with Crippen molar-refractivity contribution in [3.8, 4) is 0 Å². The molecule has 0 atom stereocenters. The number of benzene rings is 1. The zero-order valence-corrected chi connectivity index (χ0v) is 11.3. The first-order valence-corrected chi connectivity index (χ1v) is 6.78. The molecule has 92 valence electrons. The van der Waals surface area contributed by atoms with Crippen molar-refractivity contribution in [3.05, 3.63) is 59.4 Å². The molecule has 0 fully saturated rings. The summed E-state index contributed by atoms with van der Waals surface area (Å²) in [5.41, 5.74) is 2.94. The highest BCUT2D eigenvalue weighted by Gasteiger charge is 2.09. The van der Waals surface area contributed by atoms with Gasteiger partial charge < -0.3 is 0 Å². The Morgan fingerprint density at radius 2 is 1.89 bits per heavy atom. The van der Waals surface area contributed by atoms with Gasteiger partial charge in [0, 0.05) is 22.9 Å². The Labute approximate surface area is 111 Å². The zero-order chi connectivity index (χ0) is 13.0.